The molecule has 3 aromatic rings. The van der Waals surface area contributed by atoms with Gasteiger partial charge in [-0.3, -0.25) is 0 Å². The van der Waals surface area contributed by atoms with E-state index in [9.17, 15) is 14.0 Å². The van der Waals surface area contributed by atoms with Gasteiger partial charge in [-0.05, 0) is 36.4 Å². The molecule has 0 amide bonds. The summed E-state index contributed by atoms with van der Waals surface area (Å²) in [6.45, 7) is 0. The van der Waals surface area contributed by atoms with Crippen molar-refractivity contribution in [1.82, 2.24) is 9.55 Å². The number of benzene rings is 2. The van der Waals surface area contributed by atoms with E-state index >= 15 is 0 Å². The van der Waals surface area contributed by atoms with Crippen LogP contribution in [0.1, 0.15) is 0 Å². The van der Waals surface area contributed by atoms with Gasteiger partial charge in [-0.2, -0.15) is 9.55 Å². The van der Waals surface area contributed by atoms with Crippen molar-refractivity contribution in [3.8, 4) is 17.1 Å². The van der Waals surface area contributed by atoms with Crippen molar-refractivity contribution in [2.45, 2.75) is 0 Å². The third-order valence-electron chi connectivity index (χ3n) is 3.02. The number of nitrogens with zero attached hydrogens (tertiary/aromatic N) is 2. The van der Waals surface area contributed by atoms with Gasteiger partial charge in [0.15, 0.2) is 0 Å². The molecule has 0 spiro atoms. The highest BCUT2D eigenvalue weighted by atomic mass is 35.5. The molecule has 23 heavy (non-hydrogen) atoms. The van der Waals surface area contributed by atoms with Crippen molar-refractivity contribution >= 4 is 23.2 Å². The molecule has 3 rings (SSSR count). The van der Waals surface area contributed by atoms with Crippen LogP contribution in [0.15, 0.2) is 56.5 Å². The zero-order valence-electron chi connectivity index (χ0n) is 11.3. The summed E-state index contributed by atoms with van der Waals surface area (Å²) in [5.41, 5.74) is -0.607. The molecule has 2 aromatic carbocycles. The lowest BCUT2D eigenvalue weighted by Crippen LogP contribution is -2.33. The quantitative estimate of drug-likeness (QED) is 0.709. The third kappa shape index (κ3) is 2.91. The van der Waals surface area contributed by atoms with Gasteiger partial charge in [0, 0.05) is 0 Å². The second kappa shape index (κ2) is 5.98. The Labute approximate surface area is 138 Å². The largest absolute Gasteiger partial charge is 0.429 e. The standard InChI is InChI=1S/C15H7Cl2FN2O3/c16-10-2-1-3-11(17)12(10)13-19-14(21)20(15(22)23-13)9-6-4-8(18)5-7-9/h1-7H. The average Bonchev–Trinajstić information content (AvgIpc) is 2.48. The first kappa shape index (κ1) is 15.5. The molecule has 0 saturated carbocycles. The van der Waals surface area contributed by atoms with E-state index in [1.807, 2.05) is 0 Å². The van der Waals surface area contributed by atoms with Gasteiger partial charge in [-0.25, -0.2) is 14.0 Å². The van der Waals surface area contributed by atoms with Crippen molar-refractivity contribution in [2.75, 3.05) is 0 Å². The van der Waals surface area contributed by atoms with Gasteiger partial charge in [0.2, 0.25) is 5.89 Å². The SMILES string of the molecule is O=c1nc(-c2c(Cl)cccc2Cl)oc(=O)n1-c1ccc(F)cc1. The minimum Gasteiger partial charge on any atom is -0.390 e. The minimum absolute atomic E-state index is 0.134. The lowest BCUT2D eigenvalue weighted by Gasteiger charge is -2.06. The molecule has 8 heteroatoms. The van der Waals surface area contributed by atoms with Crippen LogP contribution in [-0.4, -0.2) is 9.55 Å². The number of aromatic nitrogens is 2. The van der Waals surface area contributed by atoms with Gasteiger partial charge in [0.25, 0.3) is 0 Å². The van der Waals surface area contributed by atoms with E-state index in [1.165, 1.54) is 24.3 Å². The average molecular weight is 353 g/mol. The zero-order valence-corrected chi connectivity index (χ0v) is 12.8. The zero-order chi connectivity index (χ0) is 16.6. The molecule has 0 saturated heterocycles. The third-order valence-corrected chi connectivity index (χ3v) is 3.65. The Hall–Kier alpha value is -2.44. The van der Waals surface area contributed by atoms with Crippen LogP contribution in [0.4, 0.5) is 4.39 Å². The van der Waals surface area contributed by atoms with Gasteiger partial charge < -0.3 is 4.42 Å². The second-order valence-electron chi connectivity index (χ2n) is 4.48. The molecule has 1 aromatic heterocycles. The van der Waals surface area contributed by atoms with Gasteiger partial charge in [0.1, 0.15) is 5.82 Å². The number of halogens is 3. The van der Waals surface area contributed by atoms with Gasteiger partial charge in [-0.1, -0.05) is 29.3 Å². The van der Waals surface area contributed by atoms with Crippen LogP contribution in [-0.2, 0) is 0 Å². The molecule has 0 aliphatic carbocycles. The number of hydrogen-bond donors (Lipinski definition) is 0. The predicted octanol–water partition coefficient (Wildman–Crippen LogP) is 3.30. The summed E-state index contributed by atoms with van der Waals surface area (Å²) in [4.78, 5) is 28.0. The molecular formula is C15H7Cl2FN2O3. The lowest BCUT2D eigenvalue weighted by atomic mass is 10.2. The summed E-state index contributed by atoms with van der Waals surface area (Å²) in [5.74, 6) is -1.77. The molecule has 1 heterocycles. The second-order valence-corrected chi connectivity index (χ2v) is 5.29. The predicted molar refractivity (Wildman–Crippen MR) is 83.8 cm³/mol. The molecule has 0 radical (unpaired) electrons. The van der Waals surface area contributed by atoms with E-state index < -0.39 is 17.3 Å². The number of hydrogen-bond acceptors (Lipinski definition) is 4. The molecule has 5 nitrogen and oxygen atoms in total. The van der Waals surface area contributed by atoms with E-state index in [0.717, 1.165) is 12.1 Å². The first-order valence-electron chi connectivity index (χ1n) is 6.32. The van der Waals surface area contributed by atoms with Crippen molar-refractivity contribution in [3.63, 3.8) is 0 Å². The molecule has 0 N–H and O–H groups in total. The summed E-state index contributed by atoms with van der Waals surface area (Å²) in [7, 11) is 0. The van der Waals surface area contributed by atoms with E-state index in [4.69, 9.17) is 27.6 Å². The van der Waals surface area contributed by atoms with Gasteiger partial charge >= 0.3 is 11.4 Å². The van der Waals surface area contributed by atoms with Crippen molar-refractivity contribution in [2.24, 2.45) is 0 Å². The fourth-order valence-corrected chi connectivity index (χ4v) is 2.54. The summed E-state index contributed by atoms with van der Waals surface area (Å²) < 4.78 is 18.7. The molecular weight excluding hydrogens is 346 g/mol. The molecule has 0 bridgehead atoms. The van der Waals surface area contributed by atoms with Crippen LogP contribution >= 0.6 is 23.2 Å². The van der Waals surface area contributed by atoms with Crippen molar-refractivity contribution < 1.29 is 8.81 Å². The fraction of sp³-hybridized carbons (Fsp3) is 0. The fourth-order valence-electron chi connectivity index (χ4n) is 1.98. The summed E-state index contributed by atoms with van der Waals surface area (Å²) in [5, 5.41) is 0.374. The lowest BCUT2D eigenvalue weighted by molar-refractivity contribution is 0.448. The normalized spacial score (nSPS) is 10.7. The summed E-state index contributed by atoms with van der Waals surface area (Å²) >= 11 is 12.0. The Morgan fingerprint density at radius 3 is 2.17 bits per heavy atom. The molecule has 0 aliphatic heterocycles. The number of rotatable bonds is 2. The Morgan fingerprint density at radius 2 is 1.61 bits per heavy atom. The van der Waals surface area contributed by atoms with Crippen molar-refractivity contribution in [3.05, 3.63) is 79.4 Å². The Morgan fingerprint density at radius 1 is 1.00 bits per heavy atom. The van der Waals surface area contributed by atoms with Crippen molar-refractivity contribution in [1.29, 1.82) is 0 Å². The van der Waals surface area contributed by atoms with E-state index in [0.29, 0.717) is 4.57 Å². The smallest absolute Gasteiger partial charge is 0.390 e. The van der Waals surface area contributed by atoms with Crippen LogP contribution in [0.3, 0.4) is 0 Å². The van der Waals surface area contributed by atoms with Crippen LogP contribution in [0.2, 0.25) is 10.0 Å². The summed E-state index contributed by atoms with van der Waals surface area (Å²) in [6, 6.07) is 9.40. The van der Waals surface area contributed by atoms with E-state index in [1.54, 1.807) is 6.07 Å². The highest BCUT2D eigenvalue weighted by Crippen LogP contribution is 2.32. The first-order valence-corrected chi connectivity index (χ1v) is 7.07. The minimum atomic E-state index is -0.984. The van der Waals surface area contributed by atoms with Crippen LogP contribution in [0.25, 0.3) is 17.1 Å². The molecule has 0 unspecified atom stereocenters. The van der Waals surface area contributed by atoms with Gasteiger partial charge in [-0.15, -0.1) is 0 Å². The van der Waals surface area contributed by atoms with Gasteiger partial charge in [0.05, 0.1) is 21.3 Å². The molecule has 116 valence electrons. The Kier molecular flexibility index (Phi) is 4.02. The Balaban J connectivity index is 2.21. The first-order chi connectivity index (χ1) is 11.0. The topological polar surface area (TPSA) is 65.1 Å². The maximum atomic E-state index is 12.9. The highest BCUT2D eigenvalue weighted by molar-refractivity contribution is 6.38. The van der Waals surface area contributed by atoms with Crippen LogP contribution in [0, 0.1) is 5.82 Å². The maximum absolute atomic E-state index is 12.9. The van der Waals surface area contributed by atoms with Crippen LogP contribution < -0.4 is 11.4 Å². The van der Waals surface area contributed by atoms with E-state index in [2.05, 4.69) is 4.98 Å². The molecule has 0 aliphatic rings. The maximum Gasteiger partial charge on any atom is 0.429 e. The van der Waals surface area contributed by atoms with E-state index in [-0.39, 0.29) is 27.2 Å². The Bertz CT molecular complexity index is 945. The molecule has 0 atom stereocenters. The molecule has 0 fully saturated rings. The van der Waals surface area contributed by atoms with Crippen LogP contribution in [0.5, 0.6) is 0 Å². The summed E-state index contributed by atoms with van der Waals surface area (Å²) in [6.07, 6.45) is 0. The monoisotopic (exact) mass is 352 g/mol. The highest BCUT2D eigenvalue weighted by Gasteiger charge is 2.17.